The van der Waals surface area contributed by atoms with E-state index in [1.807, 2.05) is 0 Å². The Bertz CT molecular complexity index is 253. The molecule has 1 N–H and O–H groups in total. The van der Waals surface area contributed by atoms with Gasteiger partial charge in [0.25, 0.3) is 0 Å². The fourth-order valence-corrected chi connectivity index (χ4v) is 3.44. The first-order valence-electron chi connectivity index (χ1n) is 8.81. The molecule has 0 aromatic carbocycles. The molecule has 2 heteroatoms. The third-order valence-electron chi connectivity index (χ3n) is 5.44. The standard InChI is InChI=1S/C18H38N2/c1-7-18(8-2)11-14-20(15-12-18)16(3)10-9-13-19-17(4,5)6/h16,19H,7-15H2,1-6H3. The van der Waals surface area contributed by atoms with Crippen molar-refractivity contribution in [2.75, 3.05) is 19.6 Å². The Labute approximate surface area is 127 Å². The average Bonchev–Trinajstić information content (AvgIpc) is 2.42. The summed E-state index contributed by atoms with van der Waals surface area (Å²) in [5, 5.41) is 3.59. The Balaban J connectivity index is 2.24. The van der Waals surface area contributed by atoms with Crippen molar-refractivity contribution in [2.45, 2.75) is 91.6 Å². The van der Waals surface area contributed by atoms with Crippen LogP contribution in [0.2, 0.25) is 0 Å². The van der Waals surface area contributed by atoms with Crippen molar-refractivity contribution >= 4 is 0 Å². The highest BCUT2D eigenvalue weighted by Gasteiger charge is 2.32. The highest BCUT2D eigenvalue weighted by Crippen LogP contribution is 2.38. The first kappa shape index (κ1) is 18.0. The van der Waals surface area contributed by atoms with Crippen LogP contribution in [0.25, 0.3) is 0 Å². The van der Waals surface area contributed by atoms with E-state index in [0.717, 1.165) is 12.6 Å². The van der Waals surface area contributed by atoms with Gasteiger partial charge in [0.1, 0.15) is 0 Å². The Hall–Kier alpha value is -0.0800. The van der Waals surface area contributed by atoms with E-state index in [1.165, 1.54) is 51.6 Å². The van der Waals surface area contributed by atoms with Gasteiger partial charge in [0.2, 0.25) is 0 Å². The van der Waals surface area contributed by atoms with Crippen molar-refractivity contribution < 1.29 is 0 Å². The first-order valence-corrected chi connectivity index (χ1v) is 8.81. The summed E-state index contributed by atoms with van der Waals surface area (Å²) in [5.74, 6) is 0. The molecule has 1 saturated heterocycles. The van der Waals surface area contributed by atoms with Gasteiger partial charge in [-0.1, -0.05) is 26.7 Å². The van der Waals surface area contributed by atoms with Crippen LogP contribution in [0.15, 0.2) is 0 Å². The Morgan fingerprint density at radius 1 is 1.10 bits per heavy atom. The van der Waals surface area contributed by atoms with E-state index in [2.05, 4.69) is 51.8 Å². The summed E-state index contributed by atoms with van der Waals surface area (Å²) in [5.41, 5.74) is 0.917. The molecule has 0 radical (unpaired) electrons. The van der Waals surface area contributed by atoms with Crippen molar-refractivity contribution in [3.63, 3.8) is 0 Å². The van der Waals surface area contributed by atoms with Gasteiger partial charge in [0.05, 0.1) is 0 Å². The predicted octanol–water partition coefficient (Wildman–Crippen LogP) is 4.45. The number of hydrogen-bond donors (Lipinski definition) is 1. The molecule has 1 heterocycles. The van der Waals surface area contributed by atoms with Crippen molar-refractivity contribution in [1.29, 1.82) is 0 Å². The molecule has 20 heavy (non-hydrogen) atoms. The molecule has 1 fully saturated rings. The maximum Gasteiger partial charge on any atom is 0.00965 e. The molecular formula is C18H38N2. The maximum absolute atomic E-state index is 3.59. The molecule has 1 atom stereocenters. The van der Waals surface area contributed by atoms with Crippen LogP contribution in [0.1, 0.15) is 80.1 Å². The fourth-order valence-electron chi connectivity index (χ4n) is 3.44. The number of likely N-dealkylation sites (tertiary alicyclic amines) is 1. The van der Waals surface area contributed by atoms with Gasteiger partial charge in [-0.25, -0.2) is 0 Å². The summed E-state index contributed by atoms with van der Waals surface area (Å²) in [6, 6.07) is 0.753. The molecule has 0 aliphatic carbocycles. The lowest BCUT2D eigenvalue weighted by atomic mass is 9.74. The van der Waals surface area contributed by atoms with Crippen molar-refractivity contribution in [3.05, 3.63) is 0 Å². The molecule has 120 valence electrons. The molecule has 0 amide bonds. The molecule has 0 aromatic rings. The van der Waals surface area contributed by atoms with Crippen LogP contribution in [0.3, 0.4) is 0 Å². The molecule has 1 aliphatic heterocycles. The van der Waals surface area contributed by atoms with Crippen LogP contribution >= 0.6 is 0 Å². The number of piperidine rings is 1. The highest BCUT2D eigenvalue weighted by atomic mass is 15.2. The lowest BCUT2D eigenvalue weighted by Crippen LogP contribution is -2.44. The largest absolute Gasteiger partial charge is 0.312 e. The smallest absolute Gasteiger partial charge is 0.00965 e. The average molecular weight is 283 g/mol. The molecule has 1 aliphatic rings. The quantitative estimate of drug-likeness (QED) is 0.694. The van der Waals surface area contributed by atoms with Crippen LogP contribution in [0, 0.1) is 5.41 Å². The summed E-state index contributed by atoms with van der Waals surface area (Å²) in [4.78, 5) is 2.72. The van der Waals surface area contributed by atoms with E-state index < -0.39 is 0 Å². The van der Waals surface area contributed by atoms with Crippen LogP contribution in [0.5, 0.6) is 0 Å². The highest BCUT2D eigenvalue weighted by molar-refractivity contribution is 4.85. The SMILES string of the molecule is CCC1(CC)CCN(C(C)CCCNC(C)(C)C)CC1. The van der Waals surface area contributed by atoms with Gasteiger partial charge in [0.15, 0.2) is 0 Å². The molecule has 0 spiro atoms. The maximum atomic E-state index is 3.59. The number of rotatable bonds is 7. The summed E-state index contributed by atoms with van der Waals surface area (Å²) in [6.45, 7) is 17.7. The zero-order valence-corrected chi connectivity index (χ0v) is 14.9. The molecule has 0 bridgehead atoms. The van der Waals surface area contributed by atoms with Gasteiger partial charge in [-0.15, -0.1) is 0 Å². The lowest BCUT2D eigenvalue weighted by molar-refractivity contribution is 0.0678. The minimum absolute atomic E-state index is 0.260. The van der Waals surface area contributed by atoms with E-state index in [-0.39, 0.29) is 5.54 Å². The van der Waals surface area contributed by atoms with Crippen molar-refractivity contribution in [2.24, 2.45) is 5.41 Å². The second-order valence-electron chi connectivity index (χ2n) is 7.91. The summed E-state index contributed by atoms with van der Waals surface area (Å²) in [7, 11) is 0. The van der Waals surface area contributed by atoms with Gasteiger partial charge in [-0.3, -0.25) is 0 Å². The van der Waals surface area contributed by atoms with Crippen LogP contribution < -0.4 is 5.32 Å². The monoisotopic (exact) mass is 282 g/mol. The minimum Gasteiger partial charge on any atom is -0.312 e. The van der Waals surface area contributed by atoms with Gasteiger partial charge < -0.3 is 10.2 Å². The van der Waals surface area contributed by atoms with Crippen molar-refractivity contribution in [1.82, 2.24) is 10.2 Å². The summed E-state index contributed by atoms with van der Waals surface area (Å²) in [6.07, 6.45) is 8.16. The molecule has 0 saturated carbocycles. The zero-order chi connectivity index (χ0) is 15.2. The van der Waals surface area contributed by atoms with Gasteiger partial charge >= 0.3 is 0 Å². The summed E-state index contributed by atoms with van der Waals surface area (Å²) < 4.78 is 0. The van der Waals surface area contributed by atoms with E-state index in [1.54, 1.807) is 0 Å². The third-order valence-corrected chi connectivity index (χ3v) is 5.44. The Morgan fingerprint density at radius 2 is 1.65 bits per heavy atom. The molecule has 0 aromatic heterocycles. The second kappa shape index (κ2) is 7.79. The number of nitrogens with zero attached hydrogens (tertiary/aromatic N) is 1. The Morgan fingerprint density at radius 3 is 2.10 bits per heavy atom. The number of nitrogens with one attached hydrogen (secondary N) is 1. The number of hydrogen-bond acceptors (Lipinski definition) is 2. The first-order chi connectivity index (χ1) is 9.32. The van der Waals surface area contributed by atoms with E-state index >= 15 is 0 Å². The zero-order valence-electron chi connectivity index (χ0n) is 14.9. The van der Waals surface area contributed by atoms with Gasteiger partial charge in [0, 0.05) is 11.6 Å². The topological polar surface area (TPSA) is 15.3 Å². The van der Waals surface area contributed by atoms with Crippen LogP contribution in [-0.2, 0) is 0 Å². The van der Waals surface area contributed by atoms with E-state index in [0.29, 0.717) is 5.41 Å². The van der Waals surface area contributed by atoms with Crippen molar-refractivity contribution in [3.8, 4) is 0 Å². The molecular weight excluding hydrogens is 244 g/mol. The molecule has 1 rings (SSSR count). The predicted molar refractivity (Wildman–Crippen MR) is 90.3 cm³/mol. The van der Waals surface area contributed by atoms with E-state index in [4.69, 9.17) is 0 Å². The molecule has 1 unspecified atom stereocenters. The van der Waals surface area contributed by atoms with Crippen LogP contribution in [0.4, 0.5) is 0 Å². The fraction of sp³-hybridized carbons (Fsp3) is 1.00. The minimum atomic E-state index is 0.260. The molecule has 2 nitrogen and oxygen atoms in total. The lowest BCUT2D eigenvalue weighted by Gasteiger charge is -2.43. The summed E-state index contributed by atoms with van der Waals surface area (Å²) >= 11 is 0. The van der Waals surface area contributed by atoms with Crippen LogP contribution in [-0.4, -0.2) is 36.1 Å². The second-order valence-corrected chi connectivity index (χ2v) is 7.91. The van der Waals surface area contributed by atoms with Gasteiger partial charge in [-0.2, -0.15) is 0 Å². The van der Waals surface area contributed by atoms with E-state index in [9.17, 15) is 0 Å². The Kier molecular flexibility index (Phi) is 7.00. The normalized spacial score (nSPS) is 21.9. The van der Waals surface area contributed by atoms with Gasteiger partial charge in [-0.05, 0) is 78.4 Å². The third kappa shape index (κ3) is 5.73.